The minimum atomic E-state index is -0.802. The van der Waals surface area contributed by atoms with Crippen molar-refractivity contribution in [2.45, 2.75) is 52.0 Å². The first-order chi connectivity index (χ1) is 9.77. The van der Waals surface area contributed by atoms with Crippen LogP contribution in [0.3, 0.4) is 0 Å². The Labute approximate surface area is 128 Å². The molecule has 0 aliphatic heterocycles. The molecule has 2 rings (SSSR count). The van der Waals surface area contributed by atoms with Gasteiger partial charge in [0.25, 0.3) is 0 Å². The second-order valence-corrected chi connectivity index (χ2v) is 7.58. The summed E-state index contributed by atoms with van der Waals surface area (Å²) in [5.74, 6) is -1.45. The molecule has 1 aromatic heterocycles. The third kappa shape index (κ3) is 4.00. The zero-order valence-corrected chi connectivity index (χ0v) is 13.4. The Morgan fingerprint density at radius 1 is 1.29 bits per heavy atom. The van der Waals surface area contributed by atoms with Crippen molar-refractivity contribution < 1.29 is 14.7 Å². The van der Waals surface area contributed by atoms with Crippen LogP contribution >= 0.6 is 11.3 Å². The largest absolute Gasteiger partial charge is 0.481 e. The third-order valence-electron chi connectivity index (χ3n) is 3.67. The topological polar surface area (TPSA) is 92.2 Å². The molecule has 0 unspecified atom stereocenters. The molecule has 0 radical (unpaired) electrons. The molecule has 116 valence electrons. The normalized spacial score (nSPS) is 22.2. The highest BCUT2D eigenvalue weighted by Crippen LogP contribution is 2.31. The molecule has 1 amide bonds. The molecule has 0 aromatic carbocycles. The number of rotatable bonds is 4. The van der Waals surface area contributed by atoms with Crippen LogP contribution in [-0.4, -0.2) is 27.2 Å². The predicted octanol–water partition coefficient (Wildman–Crippen LogP) is 1.95. The Kier molecular flexibility index (Phi) is 4.61. The van der Waals surface area contributed by atoms with Crippen molar-refractivity contribution in [3.05, 3.63) is 10.0 Å². The van der Waals surface area contributed by atoms with Crippen LogP contribution in [0.15, 0.2) is 0 Å². The van der Waals surface area contributed by atoms with Crippen molar-refractivity contribution in [3.8, 4) is 0 Å². The van der Waals surface area contributed by atoms with Gasteiger partial charge >= 0.3 is 5.97 Å². The molecule has 21 heavy (non-hydrogen) atoms. The summed E-state index contributed by atoms with van der Waals surface area (Å²) < 4.78 is 0. The summed E-state index contributed by atoms with van der Waals surface area (Å²) in [6.45, 7) is 6.57. The number of nitrogens with zero attached hydrogens (tertiary/aromatic N) is 2. The van der Waals surface area contributed by atoms with E-state index in [0.717, 1.165) is 10.0 Å². The van der Waals surface area contributed by atoms with Gasteiger partial charge in [0.2, 0.25) is 5.91 Å². The zero-order valence-electron chi connectivity index (χ0n) is 12.5. The summed E-state index contributed by atoms with van der Waals surface area (Å²) >= 11 is 1.50. The van der Waals surface area contributed by atoms with Crippen LogP contribution in [0.1, 0.15) is 50.0 Å². The number of aromatic nitrogens is 2. The van der Waals surface area contributed by atoms with E-state index in [1.54, 1.807) is 0 Å². The van der Waals surface area contributed by atoms with Gasteiger partial charge in [0.1, 0.15) is 10.0 Å². The molecule has 7 heteroatoms. The summed E-state index contributed by atoms with van der Waals surface area (Å²) in [5.41, 5.74) is -0.0416. The minimum Gasteiger partial charge on any atom is -0.481 e. The van der Waals surface area contributed by atoms with Crippen LogP contribution in [0.25, 0.3) is 0 Å². The highest BCUT2D eigenvalue weighted by Gasteiger charge is 2.33. The van der Waals surface area contributed by atoms with E-state index in [4.69, 9.17) is 5.11 Å². The highest BCUT2D eigenvalue weighted by atomic mass is 32.1. The van der Waals surface area contributed by atoms with Gasteiger partial charge in [0.15, 0.2) is 0 Å². The average Bonchev–Trinajstić information content (AvgIpc) is 3.04. The zero-order chi connectivity index (χ0) is 15.6. The molecule has 2 N–H and O–H groups in total. The van der Waals surface area contributed by atoms with Crippen LogP contribution in [0.4, 0.5) is 0 Å². The lowest BCUT2D eigenvalue weighted by Crippen LogP contribution is -2.29. The van der Waals surface area contributed by atoms with Crippen LogP contribution in [-0.2, 0) is 21.5 Å². The van der Waals surface area contributed by atoms with E-state index in [1.807, 2.05) is 0 Å². The number of carbonyl (C=O) groups excluding carboxylic acids is 1. The molecule has 0 bridgehead atoms. The molecule has 1 heterocycles. The van der Waals surface area contributed by atoms with E-state index in [9.17, 15) is 9.59 Å². The monoisotopic (exact) mass is 311 g/mol. The number of carboxylic acids is 1. The van der Waals surface area contributed by atoms with Gasteiger partial charge in [-0.05, 0) is 19.3 Å². The maximum Gasteiger partial charge on any atom is 0.306 e. The fourth-order valence-corrected chi connectivity index (χ4v) is 3.22. The number of nitrogens with one attached hydrogen (secondary N) is 1. The molecule has 1 aliphatic rings. The quantitative estimate of drug-likeness (QED) is 0.886. The van der Waals surface area contributed by atoms with E-state index in [2.05, 4.69) is 36.3 Å². The Morgan fingerprint density at radius 2 is 1.95 bits per heavy atom. The smallest absolute Gasteiger partial charge is 0.306 e. The van der Waals surface area contributed by atoms with E-state index in [-0.39, 0.29) is 23.2 Å². The molecule has 6 nitrogen and oxygen atoms in total. The molecule has 1 saturated carbocycles. The van der Waals surface area contributed by atoms with Crippen LogP contribution < -0.4 is 5.32 Å². The van der Waals surface area contributed by atoms with Gasteiger partial charge in [-0.2, -0.15) is 0 Å². The third-order valence-corrected chi connectivity index (χ3v) is 5.02. The van der Waals surface area contributed by atoms with Crippen molar-refractivity contribution in [1.82, 2.24) is 15.5 Å². The number of amides is 1. The first kappa shape index (κ1) is 15.9. The molecule has 2 atom stereocenters. The molecule has 1 aliphatic carbocycles. The second-order valence-electron chi connectivity index (χ2n) is 6.51. The lowest BCUT2D eigenvalue weighted by Gasteiger charge is -2.12. The van der Waals surface area contributed by atoms with Gasteiger partial charge in [0, 0.05) is 11.3 Å². The number of aliphatic carboxylic acids is 1. The molecular formula is C14H21N3O3S. The van der Waals surface area contributed by atoms with E-state index in [0.29, 0.717) is 25.8 Å². The number of hydrogen-bond acceptors (Lipinski definition) is 5. The summed E-state index contributed by atoms with van der Waals surface area (Å²) in [6.07, 6.45) is 1.66. The molecule has 1 fully saturated rings. The Morgan fingerprint density at radius 3 is 2.48 bits per heavy atom. The van der Waals surface area contributed by atoms with Crippen LogP contribution in [0.2, 0.25) is 0 Å². The number of carbonyl (C=O) groups is 2. The van der Waals surface area contributed by atoms with Gasteiger partial charge < -0.3 is 10.4 Å². The van der Waals surface area contributed by atoms with E-state index >= 15 is 0 Å². The first-order valence-corrected chi connectivity index (χ1v) is 7.92. The van der Waals surface area contributed by atoms with Crippen molar-refractivity contribution in [3.63, 3.8) is 0 Å². The SMILES string of the molecule is CC(C)(C)c1nnc(CNC(=O)[C@@H]2CC[C@H](C(=O)O)C2)s1. The van der Waals surface area contributed by atoms with Gasteiger partial charge in [-0.3, -0.25) is 9.59 Å². The van der Waals surface area contributed by atoms with Gasteiger partial charge in [-0.15, -0.1) is 10.2 Å². The van der Waals surface area contributed by atoms with Crippen LogP contribution in [0, 0.1) is 11.8 Å². The van der Waals surface area contributed by atoms with Crippen molar-refractivity contribution >= 4 is 23.2 Å². The van der Waals surface area contributed by atoms with Crippen LogP contribution in [0.5, 0.6) is 0 Å². The number of carboxylic acid groups (broad SMARTS) is 1. The molecule has 0 spiro atoms. The maximum absolute atomic E-state index is 12.0. The Bertz CT molecular complexity index is 536. The maximum atomic E-state index is 12.0. The summed E-state index contributed by atoms with van der Waals surface area (Å²) in [5, 5.41) is 21.7. The standard InChI is InChI=1S/C14H21N3O3S/c1-14(2,3)13-17-16-10(21-13)7-15-11(18)8-4-5-9(6-8)12(19)20/h8-9H,4-7H2,1-3H3,(H,15,18)(H,19,20)/t8-,9+/m1/s1. The fourth-order valence-electron chi connectivity index (χ4n) is 2.38. The molecule has 1 aromatic rings. The molecule has 0 saturated heterocycles. The Hall–Kier alpha value is -1.50. The van der Waals surface area contributed by atoms with E-state index < -0.39 is 5.97 Å². The van der Waals surface area contributed by atoms with Crippen molar-refractivity contribution in [1.29, 1.82) is 0 Å². The first-order valence-electron chi connectivity index (χ1n) is 7.10. The predicted molar refractivity (Wildman–Crippen MR) is 78.9 cm³/mol. The summed E-state index contributed by atoms with van der Waals surface area (Å²) in [6, 6.07) is 0. The van der Waals surface area contributed by atoms with E-state index in [1.165, 1.54) is 11.3 Å². The average molecular weight is 311 g/mol. The van der Waals surface area contributed by atoms with Crippen molar-refractivity contribution in [2.24, 2.45) is 11.8 Å². The summed E-state index contributed by atoms with van der Waals surface area (Å²) in [7, 11) is 0. The fraction of sp³-hybridized carbons (Fsp3) is 0.714. The second kappa shape index (κ2) is 6.09. The van der Waals surface area contributed by atoms with Crippen molar-refractivity contribution in [2.75, 3.05) is 0 Å². The molecular weight excluding hydrogens is 290 g/mol. The minimum absolute atomic E-state index is 0.0416. The summed E-state index contributed by atoms with van der Waals surface area (Å²) in [4.78, 5) is 22.9. The van der Waals surface area contributed by atoms with Gasteiger partial charge in [-0.25, -0.2) is 0 Å². The lowest BCUT2D eigenvalue weighted by molar-refractivity contribution is -0.141. The lowest BCUT2D eigenvalue weighted by atomic mass is 9.98. The number of hydrogen-bond donors (Lipinski definition) is 2. The Balaban J connectivity index is 1.85. The van der Waals surface area contributed by atoms with Gasteiger partial charge in [0.05, 0.1) is 12.5 Å². The highest BCUT2D eigenvalue weighted by molar-refractivity contribution is 7.11. The van der Waals surface area contributed by atoms with Gasteiger partial charge in [-0.1, -0.05) is 32.1 Å².